The largest absolute Gasteiger partial charge is 0.310 e. The van der Waals surface area contributed by atoms with Crippen LogP contribution in [0.3, 0.4) is 0 Å². The molecule has 6 aromatic carbocycles. The van der Waals surface area contributed by atoms with Gasteiger partial charge in [-0.05, 0) is 96.1 Å². The van der Waals surface area contributed by atoms with Crippen molar-refractivity contribution in [2.24, 2.45) is 0 Å². The first-order valence-corrected chi connectivity index (χ1v) is 17.7. The van der Waals surface area contributed by atoms with Crippen molar-refractivity contribution in [1.29, 1.82) is 0 Å². The molecule has 0 atom stereocenters. The molecule has 0 N–H and O–H groups in total. The first kappa shape index (κ1) is 30.9. The second-order valence-electron chi connectivity index (χ2n) is 14.6. The van der Waals surface area contributed by atoms with Crippen molar-refractivity contribution in [2.45, 2.75) is 38.5 Å². The van der Waals surface area contributed by atoms with Crippen molar-refractivity contribution in [3.63, 3.8) is 0 Å². The molecule has 0 bridgehead atoms. The highest BCUT2D eigenvalue weighted by Gasteiger charge is 2.46. The lowest BCUT2D eigenvalue weighted by molar-refractivity contribution is 0.592. The zero-order valence-electron chi connectivity index (χ0n) is 29.5. The SMILES string of the molecule is CC1(C)c2cc(N(c3ccccc3)c3ccccc3)ccc2N2c3ccc(N(c4ccccc4)c4ccccc4)cc3C(C)(C)c3cncc1c32. The maximum atomic E-state index is 4.93. The Morgan fingerprint density at radius 2 is 0.725 bits per heavy atom. The van der Waals surface area contributed by atoms with Gasteiger partial charge in [-0.2, -0.15) is 0 Å². The second kappa shape index (κ2) is 11.7. The standard InChI is InChI=1S/C47H40N4/c1-46(2)39-29-37(49(33-17-9-5-10-18-33)34-19-11-6-12-20-34)25-27-43(39)51-44-28-26-38(30-40(44)47(3,4)42-32-48-31-41(46)45(42)51)50(35-21-13-7-14-22-35)36-23-15-8-16-24-36/h5-32H,1-4H3. The lowest BCUT2D eigenvalue weighted by Crippen LogP contribution is -2.38. The van der Waals surface area contributed by atoms with E-state index in [4.69, 9.17) is 4.98 Å². The highest BCUT2D eigenvalue weighted by Crippen LogP contribution is 2.60. The molecule has 248 valence electrons. The third-order valence-corrected chi connectivity index (χ3v) is 10.9. The van der Waals surface area contributed by atoms with E-state index < -0.39 is 0 Å². The van der Waals surface area contributed by atoms with Gasteiger partial charge in [0, 0.05) is 68.5 Å². The molecule has 4 nitrogen and oxygen atoms in total. The quantitative estimate of drug-likeness (QED) is 0.177. The molecule has 2 aliphatic heterocycles. The Balaban J connectivity index is 1.25. The van der Waals surface area contributed by atoms with Crippen molar-refractivity contribution in [2.75, 3.05) is 14.7 Å². The fourth-order valence-corrected chi connectivity index (χ4v) is 8.19. The molecule has 3 heterocycles. The third-order valence-electron chi connectivity index (χ3n) is 10.9. The van der Waals surface area contributed by atoms with Crippen LogP contribution in [0.15, 0.2) is 170 Å². The van der Waals surface area contributed by atoms with Crippen molar-refractivity contribution >= 4 is 51.2 Å². The molecule has 0 radical (unpaired) electrons. The molecule has 4 heteroatoms. The molecule has 1 aromatic heterocycles. The van der Waals surface area contributed by atoms with Gasteiger partial charge in [0.1, 0.15) is 0 Å². The molecule has 0 saturated carbocycles. The zero-order valence-corrected chi connectivity index (χ0v) is 29.5. The molecule has 0 fully saturated rings. The van der Waals surface area contributed by atoms with Crippen molar-refractivity contribution in [1.82, 2.24) is 4.98 Å². The molecule has 0 spiro atoms. The molecule has 2 aliphatic rings. The number of nitrogens with zero attached hydrogens (tertiary/aromatic N) is 4. The number of anilines is 9. The normalized spacial score (nSPS) is 14.5. The third kappa shape index (κ3) is 4.85. The molecule has 51 heavy (non-hydrogen) atoms. The fraction of sp³-hybridized carbons (Fsp3) is 0.128. The number of benzene rings is 6. The number of rotatable bonds is 6. The summed E-state index contributed by atoms with van der Waals surface area (Å²) in [4.78, 5) is 12.1. The number of pyridine rings is 1. The van der Waals surface area contributed by atoms with Crippen LogP contribution in [0.1, 0.15) is 49.9 Å². The first-order valence-electron chi connectivity index (χ1n) is 17.7. The van der Waals surface area contributed by atoms with Crippen molar-refractivity contribution in [3.8, 4) is 0 Å². The average molecular weight is 661 g/mol. The van der Waals surface area contributed by atoms with Gasteiger partial charge in [-0.25, -0.2) is 0 Å². The van der Waals surface area contributed by atoms with Gasteiger partial charge in [-0.15, -0.1) is 0 Å². The number of aromatic nitrogens is 1. The van der Waals surface area contributed by atoms with Crippen LogP contribution >= 0.6 is 0 Å². The van der Waals surface area contributed by atoms with Crippen LogP contribution in [0, 0.1) is 0 Å². The van der Waals surface area contributed by atoms with Crippen LogP contribution in [0.2, 0.25) is 0 Å². The van der Waals surface area contributed by atoms with E-state index in [1.165, 1.54) is 39.3 Å². The average Bonchev–Trinajstić information content (AvgIpc) is 3.17. The van der Waals surface area contributed by atoms with Gasteiger partial charge in [0.25, 0.3) is 0 Å². The predicted octanol–water partition coefficient (Wildman–Crippen LogP) is 12.8. The maximum Gasteiger partial charge on any atom is 0.0574 e. The molecule has 0 aliphatic carbocycles. The van der Waals surface area contributed by atoms with Crippen molar-refractivity contribution in [3.05, 3.63) is 192 Å². The molecule has 0 amide bonds. The lowest BCUT2D eigenvalue weighted by Gasteiger charge is -2.49. The monoisotopic (exact) mass is 660 g/mol. The predicted molar refractivity (Wildman–Crippen MR) is 213 cm³/mol. The van der Waals surface area contributed by atoms with Gasteiger partial charge in [-0.1, -0.05) is 100 Å². The van der Waals surface area contributed by atoms with E-state index in [0.717, 1.165) is 34.1 Å². The van der Waals surface area contributed by atoms with Crippen molar-refractivity contribution < 1.29 is 0 Å². The summed E-state index contributed by atoms with van der Waals surface area (Å²) in [6.07, 6.45) is 4.19. The number of fused-ring (bicyclic) bond motifs is 4. The molecule has 0 unspecified atom stereocenters. The minimum absolute atomic E-state index is 0.288. The summed E-state index contributed by atoms with van der Waals surface area (Å²) in [5, 5.41) is 0. The summed E-state index contributed by atoms with van der Waals surface area (Å²) in [5.41, 5.74) is 14.9. The zero-order chi connectivity index (χ0) is 34.7. The summed E-state index contributed by atoms with van der Waals surface area (Å²) in [6.45, 7) is 9.40. The van der Waals surface area contributed by atoms with Gasteiger partial charge in [0.15, 0.2) is 0 Å². The van der Waals surface area contributed by atoms with E-state index in [1.54, 1.807) is 0 Å². The van der Waals surface area contributed by atoms with Crippen LogP contribution in [-0.4, -0.2) is 4.98 Å². The summed E-state index contributed by atoms with van der Waals surface area (Å²) in [6, 6.07) is 56.6. The van der Waals surface area contributed by atoms with Gasteiger partial charge in [0.05, 0.1) is 17.1 Å². The van der Waals surface area contributed by atoms with Gasteiger partial charge in [-0.3, -0.25) is 4.98 Å². The van der Waals surface area contributed by atoms with Crippen LogP contribution in [0.4, 0.5) is 51.2 Å². The Labute approximate surface area is 300 Å². The van der Waals surface area contributed by atoms with E-state index in [9.17, 15) is 0 Å². The van der Waals surface area contributed by atoms with Crippen LogP contribution in [0.25, 0.3) is 0 Å². The molecule has 0 saturated heterocycles. The number of para-hydroxylation sites is 4. The molecular formula is C47H40N4. The minimum Gasteiger partial charge on any atom is -0.310 e. The van der Waals surface area contributed by atoms with Crippen LogP contribution in [0.5, 0.6) is 0 Å². The van der Waals surface area contributed by atoms with Crippen LogP contribution < -0.4 is 14.7 Å². The Bertz CT molecular complexity index is 2120. The topological polar surface area (TPSA) is 22.6 Å². The molecular weight excluding hydrogens is 621 g/mol. The summed E-state index contributed by atoms with van der Waals surface area (Å²) < 4.78 is 0. The molecule has 9 rings (SSSR count). The minimum atomic E-state index is -0.288. The summed E-state index contributed by atoms with van der Waals surface area (Å²) in [5.74, 6) is 0. The Morgan fingerprint density at radius 3 is 1.06 bits per heavy atom. The van der Waals surface area contributed by atoms with Gasteiger partial charge >= 0.3 is 0 Å². The van der Waals surface area contributed by atoms with Crippen LogP contribution in [-0.2, 0) is 10.8 Å². The van der Waals surface area contributed by atoms with E-state index in [2.05, 4.69) is 213 Å². The Morgan fingerprint density at radius 1 is 0.392 bits per heavy atom. The maximum absolute atomic E-state index is 4.93. The highest BCUT2D eigenvalue weighted by molar-refractivity contribution is 5.94. The van der Waals surface area contributed by atoms with E-state index in [0.29, 0.717) is 0 Å². The smallest absolute Gasteiger partial charge is 0.0574 e. The van der Waals surface area contributed by atoms with Gasteiger partial charge in [0.2, 0.25) is 0 Å². The number of hydrogen-bond donors (Lipinski definition) is 0. The fourth-order valence-electron chi connectivity index (χ4n) is 8.19. The second-order valence-corrected chi connectivity index (χ2v) is 14.6. The Hall–Kier alpha value is -6.13. The van der Waals surface area contributed by atoms with E-state index >= 15 is 0 Å². The lowest BCUT2D eigenvalue weighted by atomic mass is 9.67. The summed E-state index contributed by atoms with van der Waals surface area (Å²) >= 11 is 0. The van der Waals surface area contributed by atoms with E-state index in [-0.39, 0.29) is 10.8 Å². The Kier molecular flexibility index (Phi) is 7.11. The van der Waals surface area contributed by atoms with Gasteiger partial charge < -0.3 is 14.7 Å². The molecule has 7 aromatic rings. The number of hydrogen-bond acceptors (Lipinski definition) is 4. The summed E-state index contributed by atoms with van der Waals surface area (Å²) in [7, 11) is 0. The first-order chi connectivity index (χ1) is 24.8. The van der Waals surface area contributed by atoms with E-state index in [1.807, 2.05) is 0 Å². The highest BCUT2D eigenvalue weighted by atomic mass is 15.2.